The van der Waals surface area contributed by atoms with Gasteiger partial charge in [0.15, 0.2) is 0 Å². The predicted molar refractivity (Wildman–Crippen MR) is 32.3 cm³/mol. The number of hydrogen-bond donors (Lipinski definition) is 3. The van der Waals surface area contributed by atoms with E-state index >= 15 is 0 Å². The molecule has 1 rings (SSSR count). The third-order valence-corrected chi connectivity index (χ3v) is 0.946. The first-order valence-electron chi connectivity index (χ1n) is 2.44. The van der Waals surface area contributed by atoms with Crippen molar-refractivity contribution in [2.24, 2.45) is 11.5 Å². The van der Waals surface area contributed by atoms with Gasteiger partial charge in [0, 0.05) is 30.2 Å². The van der Waals surface area contributed by atoms with Crippen LogP contribution in [0.4, 0.5) is 0 Å². The molecule has 0 amide bonds. The summed E-state index contributed by atoms with van der Waals surface area (Å²) in [5.74, 6) is 0. The van der Waals surface area contributed by atoms with Gasteiger partial charge in [-0.15, -0.1) is 0 Å². The highest BCUT2D eigenvalue weighted by Gasteiger charge is 1.96. The van der Waals surface area contributed by atoms with Crippen LogP contribution in [0.3, 0.4) is 0 Å². The first kappa shape index (κ1) is 5.03. The second kappa shape index (κ2) is 1.78. The molecule has 0 unspecified atom stereocenters. The molecule has 0 radical (unpaired) electrons. The van der Waals surface area contributed by atoms with E-state index in [1.54, 1.807) is 12.4 Å². The summed E-state index contributed by atoms with van der Waals surface area (Å²) in [5, 5.41) is 2.81. The third kappa shape index (κ3) is 0.932. The van der Waals surface area contributed by atoms with E-state index in [0.29, 0.717) is 6.42 Å². The lowest BCUT2D eigenvalue weighted by Gasteiger charge is -2.07. The maximum atomic E-state index is 5.40. The number of hydrogen-bond acceptors (Lipinski definition) is 3. The summed E-state index contributed by atoms with van der Waals surface area (Å²) in [4.78, 5) is 0. The van der Waals surface area contributed by atoms with Gasteiger partial charge < -0.3 is 16.8 Å². The highest BCUT2D eigenvalue weighted by molar-refractivity contribution is 5.15. The number of nitrogens with two attached hydrogens (primary N) is 2. The molecule has 0 saturated heterocycles. The van der Waals surface area contributed by atoms with Gasteiger partial charge in [-0.05, 0) is 0 Å². The Labute approximate surface area is 48.0 Å². The molecule has 1 aliphatic heterocycles. The van der Waals surface area contributed by atoms with Crippen molar-refractivity contribution in [3.63, 3.8) is 0 Å². The van der Waals surface area contributed by atoms with Crippen LogP contribution in [0.25, 0.3) is 0 Å². The average Bonchev–Trinajstić information content (AvgIpc) is 1.64. The Hall–Kier alpha value is -1.12. The first-order chi connectivity index (χ1) is 3.79. The molecule has 0 aliphatic carbocycles. The molecular weight excluding hydrogens is 102 g/mol. The quantitative estimate of drug-likeness (QED) is 0.398. The van der Waals surface area contributed by atoms with Crippen LogP contribution in [0.5, 0.6) is 0 Å². The van der Waals surface area contributed by atoms with Crippen LogP contribution in [0.1, 0.15) is 6.42 Å². The highest BCUT2D eigenvalue weighted by atomic mass is 14.9. The molecule has 0 atom stereocenters. The van der Waals surface area contributed by atoms with Gasteiger partial charge in [0.1, 0.15) is 0 Å². The van der Waals surface area contributed by atoms with Gasteiger partial charge in [0.05, 0.1) is 0 Å². The van der Waals surface area contributed by atoms with Gasteiger partial charge in [-0.3, -0.25) is 0 Å². The Balaban J connectivity index is 2.57. The van der Waals surface area contributed by atoms with Crippen LogP contribution < -0.4 is 16.8 Å². The van der Waals surface area contributed by atoms with Crippen molar-refractivity contribution in [1.82, 2.24) is 5.32 Å². The molecule has 0 saturated carbocycles. The molecule has 0 fully saturated rings. The van der Waals surface area contributed by atoms with Crippen LogP contribution in [0.15, 0.2) is 23.8 Å². The topological polar surface area (TPSA) is 64.1 Å². The molecule has 1 aliphatic rings. The van der Waals surface area contributed by atoms with Crippen LogP contribution in [-0.2, 0) is 0 Å². The van der Waals surface area contributed by atoms with E-state index in [4.69, 9.17) is 11.5 Å². The van der Waals surface area contributed by atoms with Gasteiger partial charge >= 0.3 is 0 Å². The molecule has 0 aromatic heterocycles. The van der Waals surface area contributed by atoms with E-state index < -0.39 is 0 Å². The van der Waals surface area contributed by atoms with Gasteiger partial charge in [-0.2, -0.15) is 0 Å². The molecule has 8 heavy (non-hydrogen) atoms. The normalized spacial score (nSPS) is 18.5. The summed E-state index contributed by atoms with van der Waals surface area (Å²) < 4.78 is 0. The smallest absolute Gasteiger partial charge is 0.0303 e. The van der Waals surface area contributed by atoms with Crippen molar-refractivity contribution in [3.05, 3.63) is 23.8 Å². The van der Waals surface area contributed by atoms with Crippen molar-refractivity contribution in [2.75, 3.05) is 0 Å². The van der Waals surface area contributed by atoms with E-state index in [0.717, 1.165) is 11.4 Å². The molecule has 3 heteroatoms. The van der Waals surface area contributed by atoms with Crippen molar-refractivity contribution < 1.29 is 0 Å². The van der Waals surface area contributed by atoms with Gasteiger partial charge in [-0.1, -0.05) is 0 Å². The zero-order chi connectivity index (χ0) is 5.98. The Kier molecular flexibility index (Phi) is 1.12. The zero-order valence-corrected chi connectivity index (χ0v) is 4.52. The minimum absolute atomic E-state index is 0.687. The van der Waals surface area contributed by atoms with E-state index in [-0.39, 0.29) is 0 Å². The maximum Gasteiger partial charge on any atom is 0.0303 e. The highest BCUT2D eigenvalue weighted by Crippen LogP contribution is 2.01. The van der Waals surface area contributed by atoms with Gasteiger partial charge in [0.2, 0.25) is 0 Å². The van der Waals surface area contributed by atoms with Crippen molar-refractivity contribution >= 4 is 0 Å². The van der Waals surface area contributed by atoms with Crippen LogP contribution >= 0.6 is 0 Å². The molecule has 3 nitrogen and oxygen atoms in total. The predicted octanol–water partition coefficient (Wildman–Crippen LogP) is -0.420. The van der Waals surface area contributed by atoms with E-state index in [1.165, 1.54) is 0 Å². The summed E-state index contributed by atoms with van der Waals surface area (Å²) in [7, 11) is 0. The molecule has 0 bridgehead atoms. The van der Waals surface area contributed by atoms with Crippen LogP contribution in [-0.4, -0.2) is 0 Å². The summed E-state index contributed by atoms with van der Waals surface area (Å²) in [6.45, 7) is 0. The molecule has 0 aromatic carbocycles. The lowest BCUT2D eigenvalue weighted by molar-refractivity contribution is 0.944. The maximum absolute atomic E-state index is 5.40. The number of rotatable bonds is 0. The standard InChI is InChI=1S/C5H9N3/c6-4-1-5(7)3-8-2-4/h2-3,8H,1,6-7H2. The fourth-order valence-electron chi connectivity index (χ4n) is 0.594. The monoisotopic (exact) mass is 111 g/mol. The Morgan fingerprint density at radius 2 is 1.75 bits per heavy atom. The van der Waals surface area contributed by atoms with Gasteiger partial charge in [0.25, 0.3) is 0 Å². The van der Waals surface area contributed by atoms with E-state index in [2.05, 4.69) is 5.32 Å². The SMILES string of the molecule is NC1=CNC=C(N)C1. The Morgan fingerprint density at radius 3 is 2.00 bits per heavy atom. The van der Waals surface area contributed by atoms with Crippen molar-refractivity contribution in [2.45, 2.75) is 6.42 Å². The average molecular weight is 111 g/mol. The molecule has 44 valence electrons. The Morgan fingerprint density at radius 1 is 1.25 bits per heavy atom. The molecule has 5 N–H and O–H groups in total. The van der Waals surface area contributed by atoms with E-state index in [9.17, 15) is 0 Å². The molecule has 0 aromatic rings. The minimum Gasteiger partial charge on any atom is -0.401 e. The minimum atomic E-state index is 0.687. The lowest BCUT2D eigenvalue weighted by atomic mass is 10.2. The van der Waals surface area contributed by atoms with E-state index in [1.807, 2.05) is 0 Å². The van der Waals surface area contributed by atoms with Crippen LogP contribution in [0.2, 0.25) is 0 Å². The summed E-state index contributed by atoms with van der Waals surface area (Å²) in [6.07, 6.45) is 4.15. The lowest BCUT2D eigenvalue weighted by Crippen LogP contribution is -2.15. The second-order valence-electron chi connectivity index (χ2n) is 1.78. The van der Waals surface area contributed by atoms with Crippen molar-refractivity contribution in [1.29, 1.82) is 0 Å². The largest absolute Gasteiger partial charge is 0.401 e. The summed E-state index contributed by atoms with van der Waals surface area (Å²) in [6, 6.07) is 0. The third-order valence-electron chi connectivity index (χ3n) is 0.946. The van der Waals surface area contributed by atoms with Gasteiger partial charge in [-0.25, -0.2) is 0 Å². The number of dihydropyridines is 1. The number of nitrogens with one attached hydrogen (secondary N) is 1. The second-order valence-corrected chi connectivity index (χ2v) is 1.78. The van der Waals surface area contributed by atoms with Crippen LogP contribution in [0, 0.1) is 0 Å². The Bertz CT molecular complexity index is 130. The summed E-state index contributed by atoms with van der Waals surface area (Å²) in [5.41, 5.74) is 12.4. The molecule has 0 spiro atoms. The fraction of sp³-hybridized carbons (Fsp3) is 0.200. The summed E-state index contributed by atoms with van der Waals surface area (Å²) >= 11 is 0. The first-order valence-corrected chi connectivity index (χ1v) is 2.44. The zero-order valence-electron chi connectivity index (χ0n) is 4.52. The van der Waals surface area contributed by atoms with Crippen molar-refractivity contribution in [3.8, 4) is 0 Å². The molecule has 1 heterocycles. The molecular formula is C5H9N3. The fourth-order valence-corrected chi connectivity index (χ4v) is 0.594.